The lowest BCUT2D eigenvalue weighted by molar-refractivity contribution is 0.0678. The van der Waals surface area contributed by atoms with Crippen molar-refractivity contribution in [3.8, 4) is 11.8 Å². The van der Waals surface area contributed by atoms with Crippen molar-refractivity contribution < 1.29 is 9.90 Å². The van der Waals surface area contributed by atoms with Gasteiger partial charge in [0.25, 0.3) is 5.91 Å². The molecule has 112 valence electrons. The Balaban J connectivity index is 2.29. The minimum absolute atomic E-state index is 0.0755. The molecule has 0 bridgehead atoms. The third kappa shape index (κ3) is 3.86. The maximum absolute atomic E-state index is 12.9. The van der Waals surface area contributed by atoms with Gasteiger partial charge in [-0.3, -0.25) is 4.79 Å². The van der Waals surface area contributed by atoms with E-state index in [-0.39, 0.29) is 12.5 Å². The van der Waals surface area contributed by atoms with Crippen molar-refractivity contribution in [2.75, 3.05) is 13.2 Å². The van der Waals surface area contributed by atoms with Gasteiger partial charge in [-0.2, -0.15) is 0 Å². The topological polar surface area (TPSA) is 40.5 Å². The van der Waals surface area contributed by atoms with Crippen LogP contribution in [0.3, 0.4) is 0 Å². The highest BCUT2D eigenvalue weighted by Crippen LogP contribution is 2.22. The van der Waals surface area contributed by atoms with E-state index >= 15 is 0 Å². The van der Waals surface area contributed by atoms with Gasteiger partial charge in [0.05, 0.1) is 5.56 Å². The molecular weight excluding hydrogens is 262 g/mol. The van der Waals surface area contributed by atoms with Crippen molar-refractivity contribution in [3.63, 3.8) is 0 Å². The predicted octanol–water partition coefficient (Wildman–Crippen LogP) is 2.83. The predicted molar refractivity (Wildman–Crippen MR) is 84.0 cm³/mol. The van der Waals surface area contributed by atoms with Gasteiger partial charge in [0, 0.05) is 18.2 Å². The average molecular weight is 285 g/mol. The van der Waals surface area contributed by atoms with Crippen LogP contribution in [0.2, 0.25) is 0 Å². The fourth-order valence-corrected chi connectivity index (χ4v) is 2.94. The van der Waals surface area contributed by atoms with Crippen molar-refractivity contribution in [1.82, 2.24) is 4.90 Å². The Bertz CT molecular complexity index is 542. The number of rotatable bonds is 2. The van der Waals surface area contributed by atoms with Gasteiger partial charge in [-0.15, -0.1) is 0 Å². The van der Waals surface area contributed by atoms with Crippen LogP contribution in [-0.2, 0) is 0 Å². The van der Waals surface area contributed by atoms with Crippen molar-refractivity contribution >= 4 is 5.91 Å². The highest BCUT2D eigenvalue weighted by atomic mass is 16.2. The zero-order chi connectivity index (χ0) is 15.1. The summed E-state index contributed by atoms with van der Waals surface area (Å²) in [7, 11) is 0. The highest BCUT2D eigenvalue weighted by Gasteiger charge is 2.26. The standard InChI is InChI=1S/C18H23NO2/c1-2-16-11-4-3-7-13-19(16)18(21)17-12-6-5-9-15(17)10-8-14-20/h5-6,9,12,16,20H,2-4,7,11,13-14H2,1H3. The molecule has 1 atom stereocenters. The summed E-state index contributed by atoms with van der Waals surface area (Å²) in [6.07, 6.45) is 5.57. The maximum Gasteiger partial charge on any atom is 0.255 e. The Kier molecular flexibility index (Phi) is 5.83. The van der Waals surface area contributed by atoms with Crippen molar-refractivity contribution in [1.29, 1.82) is 0 Å². The number of hydrogen-bond donors (Lipinski definition) is 1. The van der Waals surface area contributed by atoms with Crippen LogP contribution in [0, 0.1) is 11.8 Å². The molecule has 1 fully saturated rings. The number of aliphatic hydroxyl groups excluding tert-OH is 1. The van der Waals surface area contributed by atoms with Crippen molar-refractivity contribution in [3.05, 3.63) is 35.4 Å². The quantitative estimate of drug-likeness (QED) is 0.849. The fraction of sp³-hybridized carbons (Fsp3) is 0.500. The van der Waals surface area contributed by atoms with Crippen LogP contribution >= 0.6 is 0 Å². The summed E-state index contributed by atoms with van der Waals surface area (Å²) >= 11 is 0. The molecule has 0 radical (unpaired) electrons. The molecule has 1 aromatic rings. The molecule has 1 heterocycles. The van der Waals surface area contributed by atoms with Gasteiger partial charge in [0.2, 0.25) is 0 Å². The first kappa shape index (κ1) is 15.6. The number of benzene rings is 1. The third-order valence-electron chi connectivity index (χ3n) is 4.07. The Morgan fingerprint density at radius 1 is 1.33 bits per heavy atom. The molecule has 3 heteroatoms. The normalized spacial score (nSPS) is 18.6. The number of carbonyl (C=O) groups excluding carboxylic acids is 1. The second-order valence-electron chi connectivity index (χ2n) is 5.42. The number of carbonyl (C=O) groups is 1. The zero-order valence-electron chi connectivity index (χ0n) is 12.6. The average Bonchev–Trinajstić information content (AvgIpc) is 2.77. The van der Waals surface area contributed by atoms with Crippen LogP contribution in [0.25, 0.3) is 0 Å². The lowest BCUT2D eigenvalue weighted by Gasteiger charge is -2.29. The molecule has 1 unspecified atom stereocenters. The summed E-state index contributed by atoms with van der Waals surface area (Å²) < 4.78 is 0. The van der Waals surface area contributed by atoms with Gasteiger partial charge in [-0.1, -0.05) is 43.7 Å². The van der Waals surface area contributed by atoms with Gasteiger partial charge >= 0.3 is 0 Å². The first-order valence-electron chi connectivity index (χ1n) is 7.77. The molecule has 3 nitrogen and oxygen atoms in total. The minimum Gasteiger partial charge on any atom is -0.384 e. The monoisotopic (exact) mass is 285 g/mol. The van der Waals surface area contributed by atoms with E-state index < -0.39 is 0 Å². The number of aliphatic hydroxyl groups is 1. The van der Waals surface area contributed by atoms with E-state index in [4.69, 9.17) is 5.11 Å². The summed E-state index contributed by atoms with van der Waals surface area (Å²) in [5, 5.41) is 8.85. The van der Waals surface area contributed by atoms with E-state index in [0.29, 0.717) is 17.2 Å². The Morgan fingerprint density at radius 2 is 2.14 bits per heavy atom. The van der Waals surface area contributed by atoms with E-state index in [1.54, 1.807) is 0 Å². The SMILES string of the molecule is CCC1CCCCCN1C(=O)c1ccccc1C#CCO. The summed E-state index contributed by atoms with van der Waals surface area (Å²) in [5.74, 6) is 5.59. The number of hydrogen-bond acceptors (Lipinski definition) is 2. The lowest BCUT2D eigenvalue weighted by Crippen LogP contribution is -2.40. The molecule has 0 aromatic heterocycles. The van der Waals surface area contributed by atoms with Crippen LogP contribution in [0.5, 0.6) is 0 Å². The summed E-state index contributed by atoms with van der Waals surface area (Å²) in [6, 6.07) is 7.75. The third-order valence-corrected chi connectivity index (χ3v) is 4.07. The van der Waals surface area contributed by atoms with Crippen LogP contribution in [0.4, 0.5) is 0 Å². The molecule has 0 aliphatic carbocycles. The van der Waals surface area contributed by atoms with E-state index in [2.05, 4.69) is 18.8 Å². The van der Waals surface area contributed by atoms with Crippen LogP contribution in [-0.4, -0.2) is 35.1 Å². The minimum atomic E-state index is -0.191. The highest BCUT2D eigenvalue weighted by molar-refractivity contribution is 5.97. The lowest BCUT2D eigenvalue weighted by atomic mass is 10.0. The van der Waals surface area contributed by atoms with Crippen LogP contribution < -0.4 is 0 Å². The van der Waals surface area contributed by atoms with Crippen molar-refractivity contribution in [2.24, 2.45) is 0 Å². The molecule has 2 rings (SSSR count). The number of nitrogens with zero attached hydrogens (tertiary/aromatic N) is 1. The van der Waals surface area contributed by atoms with Gasteiger partial charge in [-0.05, 0) is 31.4 Å². The van der Waals surface area contributed by atoms with E-state index in [1.165, 1.54) is 12.8 Å². The van der Waals surface area contributed by atoms with E-state index in [0.717, 1.165) is 25.8 Å². The molecule has 1 N–H and O–H groups in total. The summed E-state index contributed by atoms with van der Waals surface area (Å²) in [4.78, 5) is 14.9. The largest absolute Gasteiger partial charge is 0.384 e. The van der Waals surface area contributed by atoms with Gasteiger partial charge < -0.3 is 10.0 Å². The molecule has 1 aromatic carbocycles. The molecular formula is C18H23NO2. The molecule has 1 amide bonds. The van der Waals surface area contributed by atoms with Gasteiger partial charge in [-0.25, -0.2) is 0 Å². The van der Waals surface area contributed by atoms with Crippen LogP contribution in [0.15, 0.2) is 24.3 Å². The van der Waals surface area contributed by atoms with Crippen molar-refractivity contribution in [2.45, 2.75) is 45.1 Å². The smallest absolute Gasteiger partial charge is 0.255 e. The summed E-state index contributed by atoms with van der Waals surface area (Å²) in [5.41, 5.74) is 1.36. The summed E-state index contributed by atoms with van der Waals surface area (Å²) in [6.45, 7) is 2.79. The Labute approximate surface area is 127 Å². The fourth-order valence-electron chi connectivity index (χ4n) is 2.94. The van der Waals surface area contributed by atoms with E-state index in [1.807, 2.05) is 29.2 Å². The maximum atomic E-state index is 12.9. The second-order valence-corrected chi connectivity index (χ2v) is 5.42. The van der Waals surface area contributed by atoms with E-state index in [9.17, 15) is 4.79 Å². The van der Waals surface area contributed by atoms with Crippen LogP contribution in [0.1, 0.15) is 54.9 Å². The molecule has 0 saturated carbocycles. The number of amides is 1. The Hall–Kier alpha value is -1.79. The van der Waals surface area contributed by atoms with Gasteiger partial charge in [0.15, 0.2) is 0 Å². The molecule has 1 aliphatic heterocycles. The number of likely N-dealkylation sites (tertiary alicyclic amines) is 1. The second kappa shape index (κ2) is 7.85. The molecule has 1 saturated heterocycles. The first-order chi connectivity index (χ1) is 10.3. The molecule has 0 spiro atoms. The van der Waals surface area contributed by atoms with Gasteiger partial charge in [0.1, 0.15) is 6.61 Å². The zero-order valence-corrected chi connectivity index (χ0v) is 12.6. The molecule has 21 heavy (non-hydrogen) atoms. The molecule has 1 aliphatic rings. The Morgan fingerprint density at radius 3 is 2.90 bits per heavy atom. The first-order valence-corrected chi connectivity index (χ1v) is 7.77.